The summed E-state index contributed by atoms with van der Waals surface area (Å²) < 4.78 is 4.95. The number of aromatic carboxylic acids is 1. The number of hydrogen-bond donors (Lipinski definition) is 2. The van der Waals surface area contributed by atoms with Crippen molar-refractivity contribution in [2.24, 2.45) is 0 Å². The molecule has 0 bridgehead atoms. The van der Waals surface area contributed by atoms with Crippen LogP contribution in [0.3, 0.4) is 0 Å². The van der Waals surface area contributed by atoms with E-state index in [2.05, 4.69) is 5.32 Å². The van der Waals surface area contributed by atoms with Crippen molar-refractivity contribution in [2.75, 3.05) is 12.4 Å². The number of carbonyl (C=O) groups is 2. The normalized spacial score (nSPS) is 10.4. The minimum atomic E-state index is -1.04. The summed E-state index contributed by atoms with van der Waals surface area (Å²) in [6.07, 6.45) is 3.10. The summed E-state index contributed by atoms with van der Waals surface area (Å²) in [5.74, 6) is -1.04. The van der Waals surface area contributed by atoms with Gasteiger partial charge in [0.05, 0.1) is 24.6 Å². The molecule has 0 saturated carbocycles. The molecular weight excluding hydrogens is 292 g/mol. The first-order valence-electron chi connectivity index (χ1n) is 6.26. The first-order chi connectivity index (χ1) is 9.90. The molecule has 6 nitrogen and oxygen atoms in total. The highest BCUT2D eigenvalue weighted by molar-refractivity contribution is 7.16. The van der Waals surface area contributed by atoms with Gasteiger partial charge in [-0.1, -0.05) is 0 Å². The van der Waals surface area contributed by atoms with E-state index in [9.17, 15) is 14.7 Å². The van der Waals surface area contributed by atoms with Crippen LogP contribution in [0.25, 0.3) is 0 Å². The summed E-state index contributed by atoms with van der Waals surface area (Å²) in [6, 6.07) is 1.41. The molecule has 2 amide bonds. The lowest BCUT2D eigenvalue weighted by atomic mass is 10.1. The van der Waals surface area contributed by atoms with Crippen LogP contribution in [0.5, 0.6) is 0 Å². The van der Waals surface area contributed by atoms with E-state index in [0.717, 1.165) is 10.4 Å². The zero-order valence-electron chi connectivity index (χ0n) is 12.0. The molecule has 0 aliphatic carbocycles. The monoisotopic (exact) mass is 308 g/mol. The Morgan fingerprint density at radius 1 is 1.43 bits per heavy atom. The molecule has 2 aromatic rings. The van der Waals surface area contributed by atoms with Crippen LogP contribution < -0.4 is 5.32 Å². The van der Waals surface area contributed by atoms with Gasteiger partial charge in [0.25, 0.3) is 0 Å². The summed E-state index contributed by atoms with van der Waals surface area (Å²) in [5, 5.41) is 12.3. The zero-order chi connectivity index (χ0) is 15.6. The molecular formula is C14H16N2O4S. The van der Waals surface area contributed by atoms with Gasteiger partial charge in [0.2, 0.25) is 0 Å². The Balaban J connectivity index is 2.12. The Labute approximate surface area is 126 Å². The standard InChI is InChI=1S/C14H16N2O4S/c1-8-9(2)21-12(11(8)13(17)18)15-14(19)16(3)6-10-4-5-20-7-10/h4-5,7H,6H2,1-3H3,(H,15,19)(H,17,18). The summed E-state index contributed by atoms with van der Waals surface area (Å²) in [6.45, 7) is 3.95. The van der Waals surface area contributed by atoms with Gasteiger partial charge in [-0.25, -0.2) is 9.59 Å². The molecule has 2 rings (SSSR count). The molecule has 0 aromatic carbocycles. The molecule has 21 heavy (non-hydrogen) atoms. The van der Waals surface area contributed by atoms with Crippen molar-refractivity contribution in [3.8, 4) is 0 Å². The van der Waals surface area contributed by atoms with E-state index in [-0.39, 0.29) is 11.6 Å². The SMILES string of the molecule is Cc1sc(NC(=O)N(C)Cc2ccoc2)c(C(=O)O)c1C. The molecule has 0 unspecified atom stereocenters. The maximum atomic E-state index is 12.1. The van der Waals surface area contributed by atoms with Gasteiger partial charge >= 0.3 is 12.0 Å². The highest BCUT2D eigenvalue weighted by atomic mass is 32.1. The van der Waals surface area contributed by atoms with E-state index < -0.39 is 5.97 Å². The Bertz CT molecular complexity index is 661. The Kier molecular flexibility index (Phi) is 4.32. The van der Waals surface area contributed by atoms with Gasteiger partial charge in [-0.3, -0.25) is 5.32 Å². The lowest BCUT2D eigenvalue weighted by Gasteiger charge is -2.16. The number of amides is 2. The fraction of sp³-hybridized carbons (Fsp3) is 0.286. The van der Waals surface area contributed by atoms with E-state index in [1.807, 2.05) is 6.92 Å². The first-order valence-corrected chi connectivity index (χ1v) is 7.08. The van der Waals surface area contributed by atoms with Crippen molar-refractivity contribution < 1.29 is 19.1 Å². The summed E-state index contributed by atoms with van der Waals surface area (Å²) in [7, 11) is 1.64. The quantitative estimate of drug-likeness (QED) is 0.907. The highest BCUT2D eigenvalue weighted by Crippen LogP contribution is 2.32. The number of anilines is 1. The Morgan fingerprint density at radius 3 is 2.71 bits per heavy atom. The van der Waals surface area contributed by atoms with Crippen LogP contribution in [-0.2, 0) is 6.54 Å². The largest absolute Gasteiger partial charge is 0.478 e. The number of carbonyl (C=O) groups excluding carboxylic acids is 1. The fourth-order valence-electron chi connectivity index (χ4n) is 1.89. The van der Waals surface area contributed by atoms with Gasteiger partial charge in [0, 0.05) is 17.5 Å². The van der Waals surface area contributed by atoms with Crippen LogP contribution in [0, 0.1) is 13.8 Å². The number of nitrogens with zero attached hydrogens (tertiary/aromatic N) is 1. The Morgan fingerprint density at radius 2 is 2.14 bits per heavy atom. The smallest absolute Gasteiger partial charge is 0.338 e. The van der Waals surface area contributed by atoms with Crippen molar-refractivity contribution in [3.05, 3.63) is 40.2 Å². The molecule has 7 heteroatoms. The van der Waals surface area contributed by atoms with Gasteiger partial charge in [0.1, 0.15) is 5.00 Å². The van der Waals surface area contributed by atoms with Gasteiger partial charge in [-0.15, -0.1) is 11.3 Å². The number of furan rings is 1. The second-order valence-electron chi connectivity index (χ2n) is 4.71. The maximum absolute atomic E-state index is 12.1. The number of hydrogen-bond acceptors (Lipinski definition) is 4. The average Bonchev–Trinajstić information content (AvgIpc) is 2.99. The molecule has 0 aliphatic heterocycles. The molecule has 112 valence electrons. The molecule has 0 saturated heterocycles. The van der Waals surface area contributed by atoms with Crippen LogP contribution >= 0.6 is 11.3 Å². The van der Waals surface area contributed by atoms with Crippen molar-refractivity contribution in [3.63, 3.8) is 0 Å². The molecule has 0 aliphatic rings. The second kappa shape index (κ2) is 6.01. The van der Waals surface area contributed by atoms with Crippen molar-refractivity contribution in [1.29, 1.82) is 0 Å². The van der Waals surface area contributed by atoms with Crippen molar-refractivity contribution >= 4 is 28.3 Å². The van der Waals surface area contributed by atoms with Crippen molar-refractivity contribution in [1.82, 2.24) is 4.90 Å². The summed E-state index contributed by atoms with van der Waals surface area (Å²) in [5.41, 5.74) is 1.70. The predicted molar refractivity (Wildman–Crippen MR) is 79.9 cm³/mol. The van der Waals surface area contributed by atoms with Gasteiger partial charge in [-0.2, -0.15) is 0 Å². The third-order valence-electron chi connectivity index (χ3n) is 3.17. The minimum absolute atomic E-state index is 0.155. The third-order valence-corrected chi connectivity index (χ3v) is 4.29. The van der Waals surface area contributed by atoms with E-state index in [1.165, 1.54) is 22.5 Å². The van der Waals surface area contributed by atoms with Gasteiger partial charge < -0.3 is 14.4 Å². The topological polar surface area (TPSA) is 82.8 Å². The zero-order valence-corrected chi connectivity index (χ0v) is 12.8. The molecule has 2 heterocycles. The van der Waals surface area contributed by atoms with Crippen LogP contribution in [0.4, 0.5) is 9.80 Å². The third kappa shape index (κ3) is 3.25. The van der Waals surface area contributed by atoms with Crippen LogP contribution in [0.1, 0.15) is 26.4 Å². The van der Waals surface area contributed by atoms with Gasteiger partial charge in [0.15, 0.2) is 0 Å². The average molecular weight is 308 g/mol. The van der Waals surface area contributed by atoms with Crippen LogP contribution in [0.2, 0.25) is 0 Å². The number of urea groups is 1. The lowest BCUT2D eigenvalue weighted by molar-refractivity contribution is 0.0697. The van der Waals surface area contributed by atoms with E-state index in [1.54, 1.807) is 26.3 Å². The second-order valence-corrected chi connectivity index (χ2v) is 5.94. The number of aryl methyl sites for hydroxylation is 1. The number of nitrogens with one attached hydrogen (secondary N) is 1. The highest BCUT2D eigenvalue weighted by Gasteiger charge is 2.21. The maximum Gasteiger partial charge on any atom is 0.338 e. The number of carboxylic acid groups (broad SMARTS) is 1. The van der Waals surface area contributed by atoms with Gasteiger partial charge in [-0.05, 0) is 25.5 Å². The molecule has 0 atom stereocenters. The molecule has 2 aromatic heterocycles. The Hall–Kier alpha value is -2.28. The first kappa shape index (κ1) is 15.1. The van der Waals surface area contributed by atoms with Crippen LogP contribution in [-0.4, -0.2) is 29.1 Å². The lowest BCUT2D eigenvalue weighted by Crippen LogP contribution is -2.30. The van der Waals surface area contributed by atoms with Crippen LogP contribution in [0.15, 0.2) is 23.0 Å². The molecule has 0 radical (unpaired) electrons. The molecule has 0 fully saturated rings. The van der Waals surface area contributed by atoms with E-state index in [0.29, 0.717) is 17.1 Å². The number of thiophene rings is 1. The summed E-state index contributed by atoms with van der Waals surface area (Å²) in [4.78, 5) is 25.8. The summed E-state index contributed by atoms with van der Waals surface area (Å²) >= 11 is 1.27. The molecule has 0 spiro atoms. The fourth-order valence-corrected chi connectivity index (χ4v) is 2.94. The predicted octanol–water partition coefficient (Wildman–Crippen LogP) is 3.32. The minimum Gasteiger partial charge on any atom is -0.478 e. The number of rotatable bonds is 4. The van der Waals surface area contributed by atoms with E-state index in [4.69, 9.17) is 4.42 Å². The number of carboxylic acids is 1. The van der Waals surface area contributed by atoms with Crippen molar-refractivity contribution in [2.45, 2.75) is 20.4 Å². The molecule has 2 N–H and O–H groups in total. The van der Waals surface area contributed by atoms with E-state index >= 15 is 0 Å².